The monoisotopic (exact) mass is 224 g/mol. The smallest absolute Gasteiger partial charge is 0.0808 e. The zero-order valence-electron chi connectivity index (χ0n) is 9.95. The van der Waals surface area contributed by atoms with E-state index in [0.29, 0.717) is 0 Å². The molecular formula is C15H16N2. The Bertz CT molecular complexity index is 463. The van der Waals surface area contributed by atoms with Crippen molar-refractivity contribution in [2.75, 3.05) is 0 Å². The number of hydrogen-bond acceptors (Lipinski definition) is 2. The van der Waals surface area contributed by atoms with Gasteiger partial charge in [-0.15, -0.1) is 0 Å². The van der Waals surface area contributed by atoms with Crippen molar-refractivity contribution in [1.29, 1.82) is 0 Å². The summed E-state index contributed by atoms with van der Waals surface area (Å²) in [4.78, 5) is 8.82. The molecule has 0 aliphatic heterocycles. The first-order chi connectivity index (χ1) is 8.40. The summed E-state index contributed by atoms with van der Waals surface area (Å²) in [6, 6.07) is 16.4. The summed E-state index contributed by atoms with van der Waals surface area (Å²) in [5.41, 5.74) is 2.16. The van der Waals surface area contributed by atoms with Crippen LogP contribution in [-0.4, -0.2) is 11.2 Å². The summed E-state index contributed by atoms with van der Waals surface area (Å²) >= 11 is 0. The highest BCUT2D eigenvalue weighted by atomic mass is 14.8. The molecule has 0 aliphatic rings. The molecule has 0 N–H and O–H groups in total. The third-order valence-corrected chi connectivity index (χ3v) is 2.65. The first-order valence-electron chi connectivity index (χ1n) is 5.89. The Morgan fingerprint density at radius 3 is 2.53 bits per heavy atom. The van der Waals surface area contributed by atoms with Gasteiger partial charge in [0, 0.05) is 12.4 Å². The predicted molar refractivity (Wildman–Crippen MR) is 71.3 cm³/mol. The Hall–Kier alpha value is -1.96. The molecule has 1 unspecified atom stereocenters. The van der Waals surface area contributed by atoms with E-state index in [0.717, 1.165) is 12.1 Å². The fraction of sp³-hybridized carbons (Fsp3) is 0.200. The third-order valence-electron chi connectivity index (χ3n) is 2.65. The molecule has 0 bridgehead atoms. The van der Waals surface area contributed by atoms with Crippen molar-refractivity contribution in [3.63, 3.8) is 0 Å². The average molecular weight is 224 g/mol. The van der Waals surface area contributed by atoms with Gasteiger partial charge in [0.15, 0.2) is 0 Å². The highest BCUT2D eigenvalue weighted by Crippen LogP contribution is 2.20. The summed E-state index contributed by atoms with van der Waals surface area (Å²) in [6.07, 6.45) is 4.62. The summed E-state index contributed by atoms with van der Waals surface area (Å²) in [5, 5.41) is 0. The SMILES string of the molecule is CCC(/N=C/c1ccccn1)c1ccccc1. The second-order valence-electron chi connectivity index (χ2n) is 3.87. The van der Waals surface area contributed by atoms with Gasteiger partial charge in [-0.05, 0) is 24.1 Å². The summed E-state index contributed by atoms with van der Waals surface area (Å²) in [5.74, 6) is 0. The van der Waals surface area contributed by atoms with Gasteiger partial charge in [-0.2, -0.15) is 0 Å². The quantitative estimate of drug-likeness (QED) is 0.728. The molecule has 1 aromatic heterocycles. The minimum Gasteiger partial charge on any atom is -0.283 e. The lowest BCUT2D eigenvalue weighted by atomic mass is 10.1. The molecule has 0 spiro atoms. The molecule has 0 fully saturated rings. The van der Waals surface area contributed by atoms with E-state index < -0.39 is 0 Å². The first-order valence-corrected chi connectivity index (χ1v) is 5.89. The van der Waals surface area contributed by atoms with Crippen LogP contribution in [-0.2, 0) is 0 Å². The van der Waals surface area contributed by atoms with Crippen molar-refractivity contribution in [2.24, 2.45) is 4.99 Å². The standard InChI is InChI=1S/C15H16N2/c1-2-15(13-8-4-3-5-9-13)17-12-14-10-6-7-11-16-14/h3-12,15H,2H2,1H3/b17-12+. The van der Waals surface area contributed by atoms with E-state index in [-0.39, 0.29) is 6.04 Å². The number of benzene rings is 1. The van der Waals surface area contributed by atoms with Gasteiger partial charge in [0.25, 0.3) is 0 Å². The van der Waals surface area contributed by atoms with Crippen LogP contribution in [0.25, 0.3) is 0 Å². The summed E-state index contributed by atoms with van der Waals surface area (Å²) < 4.78 is 0. The molecule has 2 nitrogen and oxygen atoms in total. The van der Waals surface area contributed by atoms with E-state index in [2.05, 4.69) is 29.0 Å². The van der Waals surface area contributed by atoms with Gasteiger partial charge in [-0.3, -0.25) is 9.98 Å². The number of pyridine rings is 1. The third kappa shape index (κ3) is 3.25. The Kier molecular flexibility index (Phi) is 4.03. The molecule has 0 saturated heterocycles. The van der Waals surface area contributed by atoms with Crippen LogP contribution in [0.15, 0.2) is 59.7 Å². The molecule has 0 radical (unpaired) electrons. The van der Waals surface area contributed by atoms with Crippen molar-refractivity contribution in [1.82, 2.24) is 4.98 Å². The Balaban J connectivity index is 2.14. The maximum atomic E-state index is 4.60. The number of aliphatic imine (C=N–C) groups is 1. The molecule has 0 aliphatic carbocycles. The van der Waals surface area contributed by atoms with Crippen molar-refractivity contribution in [3.05, 3.63) is 66.0 Å². The zero-order chi connectivity index (χ0) is 11.9. The van der Waals surface area contributed by atoms with Crippen LogP contribution in [0.4, 0.5) is 0 Å². The lowest BCUT2D eigenvalue weighted by Gasteiger charge is -2.09. The van der Waals surface area contributed by atoms with E-state index in [4.69, 9.17) is 0 Å². The molecule has 2 aromatic rings. The number of nitrogens with zero attached hydrogens (tertiary/aromatic N) is 2. The van der Waals surface area contributed by atoms with Gasteiger partial charge in [0.05, 0.1) is 11.7 Å². The summed E-state index contributed by atoms with van der Waals surface area (Å²) in [7, 11) is 0. The van der Waals surface area contributed by atoms with E-state index in [1.165, 1.54) is 5.56 Å². The van der Waals surface area contributed by atoms with Gasteiger partial charge in [0.1, 0.15) is 0 Å². The van der Waals surface area contributed by atoms with E-state index in [9.17, 15) is 0 Å². The molecule has 1 heterocycles. The van der Waals surface area contributed by atoms with Gasteiger partial charge < -0.3 is 0 Å². The Morgan fingerprint density at radius 1 is 1.12 bits per heavy atom. The molecule has 17 heavy (non-hydrogen) atoms. The van der Waals surface area contributed by atoms with Gasteiger partial charge in [0.2, 0.25) is 0 Å². The molecule has 1 aromatic carbocycles. The second-order valence-corrected chi connectivity index (χ2v) is 3.87. The fourth-order valence-corrected chi connectivity index (χ4v) is 1.72. The fourth-order valence-electron chi connectivity index (χ4n) is 1.72. The van der Waals surface area contributed by atoms with Crippen LogP contribution in [0.1, 0.15) is 30.6 Å². The molecular weight excluding hydrogens is 208 g/mol. The van der Waals surface area contributed by atoms with Gasteiger partial charge >= 0.3 is 0 Å². The number of aromatic nitrogens is 1. The van der Waals surface area contributed by atoms with Crippen LogP contribution < -0.4 is 0 Å². The van der Waals surface area contributed by atoms with Crippen molar-refractivity contribution in [2.45, 2.75) is 19.4 Å². The highest BCUT2D eigenvalue weighted by Gasteiger charge is 2.04. The van der Waals surface area contributed by atoms with Crippen molar-refractivity contribution >= 4 is 6.21 Å². The van der Waals surface area contributed by atoms with Crippen LogP contribution in [0.2, 0.25) is 0 Å². The van der Waals surface area contributed by atoms with Crippen LogP contribution in [0.5, 0.6) is 0 Å². The normalized spacial score (nSPS) is 12.8. The lowest BCUT2D eigenvalue weighted by Crippen LogP contribution is -1.95. The van der Waals surface area contributed by atoms with Gasteiger partial charge in [-0.25, -0.2) is 0 Å². The average Bonchev–Trinajstić information content (AvgIpc) is 2.42. The molecule has 86 valence electrons. The number of rotatable bonds is 4. The van der Waals surface area contributed by atoms with Gasteiger partial charge in [-0.1, -0.05) is 43.3 Å². The Labute approximate surface area is 102 Å². The maximum absolute atomic E-state index is 4.60. The predicted octanol–water partition coefficient (Wildman–Crippen LogP) is 3.65. The number of hydrogen-bond donors (Lipinski definition) is 0. The minimum atomic E-state index is 0.221. The molecule has 2 heteroatoms. The highest BCUT2D eigenvalue weighted by molar-refractivity contribution is 5.76. The van der Waals surface area contributed by atoms with E-state index >= 15 is 0 Å². The molecule has 0 amide bonds. The topological polar surface area (TPSA) is 25.2 Å². The Morgan fingerprint density at radius 2 is 1.88 bits per heavy atom. The van der Waals surface area contributed by atoms with Crippen LogP contribution >= 0.6 is 0 Å². The van der Waals surface area contributed by atoms with Crippen molar-refractivity contribution < 1.29 is 0 Å². The van der Waals surface area contributed by atoms with Crippen LogP contribution in [0.3, 0.4) is 0 Å². The van der Waals surface area contributed by atoms with E-state index in [1.807, 2.05) is 42.6 Å². The second kappa shape index (κ2) is 5.94. The lowest BCUT2D eigenvalue weighted by molar-refractivity contribution is 0.704. The summed E-state index contributed by atoms with van der Waals surface area (Å²) in [6.45, 7) is 2.15. The van der Waals surface area contributed by atoms with Crippen molar-refractivity contribution in [3.8, 4) is 0 Å². The largest absolute Gasteiger partial charge is 0.283 e. The molecule has 1 atom stereocenters. The minimum absolute atomic E-state index is 0.221. The molecule has 2 rings (SSSR count). The zero-order valence-corrected chi connectivity index (χ0v) is 9.95. The van der Waals surface area contributed by atoms with Crippen LogP contribution in [0, 0.1) is 0 Å². The maximum Gasteiger partial charge on any atom is 0.0808 e. The first kappa shape index (κ1) is 11.5. The van der Waals surface area contributed by atoms with E-state index in [1.54, 1.807) is 6.20 Å². The molecule has 0 saturated carbocycles.